The van der Waals surface area contributed by atoms with Crippen LogP contribution in [-0.2, 0) is 5.41 Å². The Kier molecular flexibility index (Phi) is 6.74. The van der Waals surface area contributed by atoms with Crippen molar-refractivity contribution in [2.24, 2.45) is 0 Å². The summed E-state index contributed by atoms with van der Waals surface area (Å²) in [6, 6.07) is 64.8. The molecule has 0 saturated heterocycles. The maximum absolute atomic E-state index is 6.26. The summed E-state index contributed by atoms with van der Waals surface area (Å²) in [5.74, 6) is 1.11. The van der Waals surface area contributed by atoms with Crippen molar-refractivity contribution in [2.75, 3.05) is 0 Å². The van der Waals surface area contributed by atoms with Gasteiger partial charge in [-0.2, -0.15) is 0 Å². The van der Waals surface area contributed by atoms with Crippen molar-refractivity contribution >= 4 is 34.0 Å². The number of fused-ring (bicyclic) bond motifs is 11. The quantitative estimate of drug-likeness (QED) is 0.180. The fourth-order valence-corrected chi connectivity index (χ4v) is 10.1. The van der Waals surface area contributed by atoms with Crippen molar-refractivity contribution in [1.29, 1.82) is 0 Å². The predicted molar refractivity (Wildman–Crippen MR) is 225 cm³/mol. The van der Waals surface area contributed by atoms with Gasteiger partial charge < -0.3 is 8.83 Å². The first-order valence-corrected chi connectivity index (χ1v) is 19.6. The maximum atomic E-state index is 6.26. The Morgan fingerprint density at radius 3 is 1.43 bits per heavy atom. The molecule has 0 fully saturated rings. The second kappa shape index (κ2) is 12.0. The van der Waals surface area contributed by atoms with Gasteiger partial charge in [-0.25, -0.2) is 9.97 Å². The molecule has 0 radical (unpaired) electrons. The van der Waals surface area contributed by atoms with E-state index in [2.05, 4.69) is 127 Å². The van der Waals surface area contributed by atoms with E-state index in [9.17, 15) is 0 Å². The standard InChI is InChI=1S/C51H30N2O2S/c1-3-13-39-37(11-1)38-12-2-4-14-40(38)51(39)41-15-5-10-20-47(41)56-48-26-25-33(30-42(48)51)31-21-23-32(24-22-31)34-27-35(49-52-43-16-6-8-18-45(43)54-49)29-36(28-34)50-53-44-17-7-9-19-46(44)55-50/h1-30H. The lowest BCUT2D eigenvalue weighted by molar-refractivity contribution is 0.617. The van der Waals surface area contributed by atoms with Gasteiger partial charge in [0.05, 0.1) is 5.41 Å². The minimum absolute atomic E-state index is 0.410. The van der Waals surface area contributed by atoms with E-state index in [-0.39, 0.29) is 0 Å². The van der Waals surface area contributed by atoms with Crippen LogP contribution >= 0.6 is 11.8 Å². The predicted octanol–water partition coefficient (Wildman–Crippen LogP) is 13.5. The summed E-state index contributed by atoms with van der Waals surface area (Å²) in [6.07, 6.45) is 0. The van der Waals surface area contributed by atoms with Crippen LogP contribution in [0, 0.1) is 0 Å². The highest BCUT2D eigenvalue weighted by Gasteiger charge is 2.50. The Morgan fingerprint density at radius 1 is 0.357 bits per heavy atom. The van der Waals surface area contributed by atoms with Crippen LogP contribution in [0.1, 0.15) is 22.3 Å². The van der Waals surface area contributed by atoms with E-state index in [4.69, 9.17) is 18.8 Å². The van der Waals surface area contributed by atoms with E-state index < -0.39 is 5.41 Å². The van der Waals surface area contributed by atoms with Gasteiger partial charge in [-0.05, 0) is 116 Å². The number of hydrogen-bond acceptors (Lipinski definition) is 5. The summed E-state index contributed by atoms with van der Waals surface area (Å²) in [5.41, 5.74) is 16.8. The van der Waals surface area contributed by atoms with Gasteiger partial charge in [0.1, 0.15) is 11.0 Å². The van der Waals surface area contributed by atoms with Gasteiger partial charge in [-0.3, -0.25) is 0 Å². The highest BCUT2D eigenvalue weighted by molar-refractivity contribution is 7.99. The molecule has 1 aliphatic carbocycles. The second-order valence-corrected chi connectivity index (χ2v) is 15.6. The molecule has 0 atom stereocenters. The zero-order valence-corrected chi connectivity index (χ0v) is 30.8. The molecule has 4 nitrogen and oxygen atoms in total. The monoisotopic (exact) mass is 734 g/mol. The molecular formula is C51H30N2O2S. The molecule has 10 aromatic rings. The third-order valence-corrected chi connectivity index (χ3v) is 12.6. The Balaban J connectivity index is 0.988. The second-order valence-electron chi connectivity index (χ2n) is 14.5. The maximum Gasteiger partial charge on any atom is 0.227 e. The molecule has 0 amide bonds. The Hall–Kier alpha value is -6.95. The third-order valence-electron chi connectivity index (χ3n) is 11.4. The van der Waals surface area contributed by atoms with E-state index in [0.717, 1.165) is 50.0 Å². The molecule has 12 rings (SSSR count). The van der Waals surface area contributed by atoms with Gasteiger partial charge in [0, 0.05) is 20.9 Å². The minimum atomic E-state index is -0.410. The first-order chi connectivity index (χ1) is 27.7. The third kappa shape index (κ3) is 4.61. The van der Waals surface area contributed by atoms with Gasteiger partial charge in [0.25, 0.3) is 0 Å². The Morgan fingerprint density at radius 2 is 0.821 bits per heavy atom. The average Bonchev–Trinajstić information content (AvgIpc) is 3.98. The van der Waals surface area contributed by atoms with Crippen molar-refractivity contribution < 1.29 is 8.83 Å². The number of aromatic nitrogens is 2. The topological polar surface area (TPSA) is 52.1 Å². The molecule has 8 aromatic carbocycles. The number of rotatable bonds is 4. The van der Waals surface area contributed by atoms with Crippen LogP contribution in [0.4, 0.5) is 0 Å². The van der Waals surface area contributed by atoms with E-state index in [1.807, 2.05) is 66.4 Å². The van der Waals surface area contributed by atoms with E-state index in [1.54, 1.807) is 0 Å². The summed E-state index contributed by atoms with van der Waals surface area (Å²) >= 11 is 1.87. The largest absolute Gasteiger partial charge is 0.436 e. The molecule has 5 heteroatoms. The summed E-state index contributed by atoms with van der Waals surface area (Å²) in [4.78, 5) is 12.3. The summed E-state index contributed by atoms with van der Waals surface area (Å²) in [7, 11) is 0. The minimum Gasteiger partial charge on any atom is -0.436 e. The average molecular weight is 735 g/mol. The van der Waals surface area contributed by atoms with Gasteiger partial charge in [-0.1, -0.05) is 133 Å². The fourth-order valence-electron chi connectivity index (χ4n) is 8.92. The normalized spacial score (nSPS) is 13.4. The van der Waals surface area contributed by atoms with Crippen LogP contribution in [0.2, 0.25) is 0 Å². The number of benzene rings is 8. The molecule has 0 unspecified atom stereocenters. The SMILES string of the molecule is c1ccc2c(c1)Sc1ccc(-c3ccc(-c4cc(-c5nc6ccccc6o5)cc(-c5nc6ccccc6o5)c4)cc3)cc1C21c2ccccc2-c2ccccc21. The number of para-hydroxylation sites is 4. The van der Waals surface area contributed by atoms with Gasteiger partial charge >= 0.3 is 0 Å². The van der Waals surface area contributed by atoms with Gasteiger partial charge in [0.15, 0.2) is 11.2 Å². The smallest absolute Gasteiger partial charge is 0.227 e. The summed E-state index contributed by atoms with van der Waals surface area (Å²) in [6.45, 7) is 0. The Bertz CT molecular complexity index is 2990. The first-order valence-electron chi connectivity index (χ1n) is 18.8. The van der Waals surface area contributed by atoms with Crippen molar-refractivity contribution in [2.45, 2.75) is 15.2 Å². The molecule has 262 valence electrons. The zero-order chi connectivity index (χ0) is 36.8. The molecule has 2 aliphatic rings. The van der Waals surface area contributed by atoms with Crippen molar-refractivity contribution in [3.05, 3.63) is 204 Å². The van der Waals surface area contributed by atoms with Crippen LogP contribution in [0.25, 0.3) is 78.5 Å². The Labute approximate surface area is 327 Å². The molecule has 0 bridgehead atoms. The number of nitrogens with zero attached hydrogens (tertiary/aromatic N) is 2. The zero-order valence-electron chi connectivity index (χ0n) is 29.9. The molecule has 1 aliphatic heterocycles. The van der Waals surface area contributed by atoms with E-state index in [1.165, 1.54) is 48.7 Å². The lowest BCUT2D eigenvalue weighted by Gasteiger charge is -2.40. The highest BCUT2D eigenvalue weighted by atomic mass is 32.2. The molecule has 2 aromatic heterocycles. The van der Waals surface area contributed by atoms with Crippen LogP contribution in [0.3, 0.4) is 0 Å². The van der Waals surface area contributed by atoms with Crippen LogP contribution in [0.5, 0.6) is 0 Å². The number of hydrogen-bond donors (Lipinski definition) is 0. The number of oxazole rings is 2. The summed E-state index contributed by atoms with van der Waals surface area (Å²) in [5, 5.41) is 0. The molecule has 1 spiro atoms. The van der Waals surface area contributed by atoms with Crippen LogP contribution < -0.4 is 0 Å². The molecule has 3 heterocycles. The molecule has 0 saturated carbocycles. The molecule has 0 N–H and O–H groups in total. The lowest BCUT2D eigenvalue weighted by atomic mass is 9.67. The highest BCUT2D eigenvalue weighted by Crippen LogP contribution is 2.62. The lowest BCUT2D eigenvalue weighted by Crippen LogP contribution is -2.32. The first kappa shape index (κ1) is 31.4. The molecule has 56 heavy (non-hydrogen) atoms. The van der Waals surface area contributed by atoms with Crippen LogP contribution in [-0.4, -0.2) is 9.97 Å². The molecular weight excluding hydrogens is 705 g/mol. The van der Waals surface area contributed by atoms with Crippen molar-refractivity contribution in [3.8, 4) is 56.3 Å². The van der Waals surface area contributed by atoms with Crippen molar-refractivity contribution in [3.63, 3.8) is 0 Å². The summed E-state index contributed by atoms with van der Waals surface area (Å²) < 4.78 is 12.5. The fraction of sp³-hybridized carbons (Fsp3) is 0.0196. The van der Waals surface area contributed by atoms with Crippen molar-refractivity contribution in [1.82, 2.24) is 9.97 Å². The van der Waals surface area contributed by atoms with E-state index in [0.29, 0.717) is 11.8 Å². The van der Waals surface area contributed by atoms with E-state index >= 15 is 0 Å². The van der Waals surface area contributed by atoms with Crippen LogP contribution in [0.15, 0.2) is 201 Å². The van der Waals surface area contributed by atoms with Gasteiger partial charge in [0.2, 0.25) is 11.8 Å². The van der Waals surface area contributed by atoms with Gasteiger partial charge in [-0.15, -0.1) is 0 Å².